The average molecular weight is 367 g/mol. The lowest BCUT2D eigenvalue weighted by Crippen LogP contribution is -2.44. The number of nitrogens with zero attached hydrogens (tertiary/aromatic N) is 2. The minimum Gasteiger partial charge on any atom is -0.378 e. The number of morpholine rings is 1. The molecule has 1 aliphatic heterocycles. The Hall–Kier alpha value is -1.98. The molecule has 1 unspecified atom stereocenters. The fraction of sp³-hybridized carbons (Fsp3) is 0.545. The molecule has 1 aromatic heterocycles. The highest BCUT2D eigenvalue weighted by Gasteiger charge is 2.22. The lowest BCUT2D eigenvalue weighted by atomic mass is 10.0. The molecule has 4 rings (SSSR count). The molecule has 0 bridgehead atoms. The first-order valence-corrected chi connectivity index (χ1v) is 10.3. The van der Waals surface area contributed by atoms with E-state index >= 15 is 0 Å². The molecular weight excluding hydrogens is 338 g/mol. The molecule has 5 nitrogen and oxygen atoms in total. The topological polar surface area (TPSA) is 58.2 Å². The monoisotopic (exact) mass is 367 g/mol. The summed E-state index contributed by atoms with van der Waals surface area (Å²) in [6, 6.07) is 10.6. The van der Waals surface area contributed by atoms with Crippen molar-refractivity contribution in [3.05, 3.63) is 51.9 Å². The molecule has 1 atom stereocenters. The Morgan fingerprint density at radius 2 is 2.00 bits per heavy atom. The van der Waals surface area contributed by atoms with Crippen molar-refractivity contribution < 1.29 is 4.74 Å². The molecule has 1 aliphatic carbocycles. The predicted molar refractivity (Wildman–Crippen MR) is 107 cm³/mol. The number of rotatable bonds is 5. The Kier molecular flexibility index (Phi) is 5.69. The van der Waals surface area contributed by atoms with Gasteiger partial charge in [-0.1, -0.05) is 44.0 Å². The summed E-state index contributed by atoms with van der Waals surface area (Å²) in [7, 11) is 0. The lowest BCUT2D eigenvalue weighted by Gasteiger charge is -2.35. The average Bonchev–Trinajstić information content (AvgIpc) is 3.23. The lowest BCUT2D eigenvalue weighted by molar-refractivity contribution is -0.0127. The summed E-state index contributed by atoms with van der Waals surface area (Å²) >= 11 is 0. The quantitative estimate of drug-likeness (QED) is 0.875. The fourth-order valence-corrected chi connectivity index (χ4v) is 4.32. The Bertz CT molecular complexity index is 809. The van der Waals surface area contributed by atoms with E-state index in [1.54, 1.807) is 6.07 Å². The highest BCUT2D eigenvalue weighted by molar-refractivity contribution is 5.55. The molecule has 2 aromatic rings. The number of H-pyrrole nitrogens is 1. The van der Waals surface area contributed by atoms with E-state index in [0.717, 1.165) is 56.8 Å². The van der Waals surface area contributed by atoms with Gasteiger partial charge in [0, 0.05) is 36.7 Å². The minimum absolute atomic E-state index is 0.0509. The van der Waals surface area contributed by atoms with Crippen LogP contribution in [0.25, 0.3) is 11.4 Å². The van der Waals surface area contributed by atoms with Crippen molar-refractivity contribution in [1.29, 1.82) is 0 Å². The molecule has 0 radical (unpaired) electrons. The summed E-state index contributed by atoms with van der Waals surface area (Å²) in [4.78, 5) is 22.3. The Labute approximate surface area is 160 Å². The normalized spacial score (nSPS) is 21.6. The van der Waals surface area contributed by atoms with Crippen LogP contribution in [0.3, 0.4) is 0 Å². The first-order chi connectivity index (χ1) is 13.2. The van der Waals surface area contributed by atoms with Gasteiger partial charge in [-0.3, -0.25) is 9.69 Å². The standard InChI is InChI=1S/C22H29N3O2/c1-2-19-15-27-12-11-25(19)14-16-7-9-18(10-8-16)22-23-20(13-21(26)24-22)17-5-3-4-6-17/h7-10,13,17,19H,2-6,11-12,14-15H2,1H3,(H,23,24,26). The van der Waals surface area contributed by atoms with Gasteiger partial charge in [0.05, 0.1) is 18.9 Å². The van der Waals surface area contributed by atoms with Crippen molar-refractivity contribution in [3.63, 3.8) is 0 Å². The maximum atomic E-state index is 12.1. The van der Waals surface area contributed by atoms with Gasteiger partial charge in [-0.25, -0.2) is 4.98 Å². The van der Waals surface area contributed by atoms with Crippen molar-refractivity contribution in [1.82, 2.24) is 14.9 Å². The van der Waals surface area contributed by atoms with Crippen molar-refractivity contribution in [2.75, 3.05) is 19.8 Å². The number of hydrogen-bond donors (Lipinski definition) is 1. The van der Waals surface area contributed by atoms with Crippen LogP contribution in [-0.4, -0.2) is 40.7 Å². The van der Waals surface area contributed by atoms with Gasteiger partial charge in [-0.05, 0) is 24.8 Å². The van der Waals surface area contributed by atoms with Gasteiger partial charge in [-0.15, -0.1) is 0 Å². The van der Waals surface area contributed by atoms with E-state index in [-0.39, 0.29) is 5.56 Å². The molecule has 1 saturated carbocycles. The highest BCUT2D eigenvalue weighted by Crippen LogP contribution is 2.33. The summed E-state index contributed by atoms with van der Waals surface area (Å²) in [5, 5.41) is 0. The van der Waals surface area contributed by atoms with Gasteiger partial charge >= 0.3 is 0 Å². The predicted octanol–water partition coefficient (Wildman–Crippen LogP) is 3.71. The SMILES string of the molecule is CCC1COCCN1Cc1ccc(-c2nc(C3CCCC3)cc(=O)[nH]2)cc1. The molecule has 0 spiro atoms. The highest BCUT2D eigenvalue weighted by atomic mass is 16.5. The van der Waals surface area contributed by atoms with Crippen LogP contribution in [0.4, 0.5) is 0 Å². The van der Waals surface area contributed by atoms with E-state index in [4.69, 9.17) is 9.72 Å². The van der Waals surface area contributed by atoms with Crippen molar-refractivity contribution in [2.45, 2.75) is 57.5 Å². The van der Waals surface area contributed by atoms with Crippen LogP contribution < -0.4 is 5.56 Å². The largest absolute Gasteiger partial charge is 0.378 e. The molecule has 2 fully saturated rings. The van der Waals surface area contributed by atoms with Crippen LogP contribution in [0.1, 0.15) is 56.2 Å². The molecule has 1 saturated heterocycles. The van der Waals surface area contributed by atoms with Crippen LogP contribution in [0.5, 0.6) is 0 Å². The summed E-state index contributed by atoms with van der Waals surface area (Å²) in [5.74, 6) is 1.13. The van der Waals surface area contributed by atoms with Gasteiger partial charge in [0.2, 0.25) is 0 Å². The van der Waals surface area contributed by atoms with Crippen LogP contribution >= 0.6 is 0 Å². The van der Waals surface area contributed by atoms with E-state index < -0.39 is 0 Å². The van der Waals surface area contributed by atoms with E-state index in [1.807, 2.05) is 0 Å². The number of ether oxygens (including phenoxy) is 1. The molecule has 27 heavy (non-hydrogen) atoms. The number of nitrogens with one attached hydrogen (secondary N) is 1. The zero-order chi connectivity index (χ0) is 18.6. The van der Waals surface area contributed by atoms with Gasteiger partial charge in [0.25, 0.3) is 5.56 Å². The third-order valence-electron chi connectivity index (χ3n) is 5.97. The second kappa shape index (κ2) is 8.36. The Balaban J connectivity index is 1.51. The van der Waals surface area contributed by atoms with Gasteiger partial charge in [-0.2, -0.15) is 0 Å². The molecule has 2 heterocycles. The van der Waals surface area contributed by atoms with E-state index in [2.05, 4.69) is 41.1 Å². The second-order valence-corrected chi connectivity index (χ2v) is 7.80. The minimum atomic E-state index is -0.0509. The smallest absolute Gasteiger partial charge is 0.251 e. The van der Waals surface area contributed by atoms with Crippen LogP contribution in [0.15, 0.2) is 35.1 Å². The van der Waals surface area contributed by atoms with Crippen LogP contribution in [0.2, 0.25) is 0 Å². The van der Waals surface area contributed by atoms with E-state index in [9.17, 15) is 4.79 Å². The summed E-state index contributed by atoms with van der Waals surface area (Å²) in [6.07, 6.45) is 5.88. The van der Waals surface area contributed by atoms with Crippen molar-refractivity contribution >= 4 is 0 Å². The number of aromatic amines is 1. The number of hydrogen-bond acceptors (Lipinski definition) is 4. The van der Waals surface area contributed by atoms with Crippen LogP contribution in [0, 0.1) is 0 Å². The maximum Gasteiger partial charge on any atom is 0.251 e. The molecule has 144 valence electrons. The second-order valence-electron chi connectivity index (χ2n) is 7.80. The molecule has 1 aromatic carbocycles. The van der Waals surface area contributed by atoms with Gasteiger partial charge < -0.3 is 9.72 Å². The summed E-state index contributed by atoms with van der Waals surface area (Å²) < 4.78 is 5.60. The molecule has 5 heteroatoms. The van der Waals surface area contributed by atoms with Gasteiger partial charge in [0.15, 0.2) is 0 Å². The Morgan fingerprint density at radius 1 is 1.22 bits per heavy atom. The fourth-order valence-electron chi connectivity index (χ4n) is 4.32. The van der Waals surface area contributed by atoms with Crippen molar-refractivity contribution in [2.24, 2.45) is 0 Å². The zero-order valence-corrected chi connectivity index (χ0v) is 16.1. The third kappa shape index (κ3) is 4.30. The third-order valence-corrected chi connectivity index (χ3v) is 5.97. The number of aromatic nitrogens is 2. The summed E-state index contributed by atoms with van der Waals surface area (Å²) in [5.41, 5.74) is 3.16. The van der Waals surface area contributed by atoms with E-state index in [0.29, 0.717) is 17.8 Å². The molecule has 2 aliphatic rings. The van der Waals surface area contributed by atoms with E-state index in [1.165, 1.54) is 18.4 Å². The van der Waals surface area contributed by atoms with Crippen LogP contribution in [-0.2, 0) is 11.3 Å². The first-order valence-electron chi connectivity index (χ1n) is 10.3. The first kappa shape index (κ1) is 18.4. The van der Waals surface area contributed by atoms with Gasteiger partial charge in [0.1, 0.15) is 5.82 Å². The zero-order valence-electron chi connectivity index (χ0n) is 16.1. The molecular formula is C22H29N3O2. The Morgan fingerprint density at radius 3 is 2.74 bits per heavy atom. The van der Waals surface area contributed by atoms with Crippen molar-refractivity contribution in [3.8, 4) is 11.4 Å². The maximum absolute atomic E-state index is 12.1. The molecule has 1 N–H and O–H groups in total. The molecule has 0 amide bonds. The number of benzene rings is 1. The summed E-state index contributed by atoms with van der Waals surface area (Å²) in [6.45, 7) is 5.78.